The van der Waals surface area contributed by atoms with Gasteiger partial charge < -0.3 is 5.32 Å². The molecule has 0 fully saturated rings. The van der Waals surface area contributed by atoms with Crippen molar-refractivity contribution in [3.8, 4) is 0 Å². The van der Waals surface area contributed by atoms with E-state index in [0.717, 1.165) is 15.1 Å². The van der Waals surface area contributed by atoms with Crippen LogP contribution in [0.25, 0.3) is 0 Å². The van der Waals surface area contributed by atoms with Crippen molar-refractivity contribution in [3.63, 3.8) is 0 Å². The number of hydrogen-bond acceptors (Lipinski definition) is 2. The average molecular weight is 371 g/mol. The second kappa shape index (κ2) is 7.16. The number of carbonyl (C=O) groups excluding carboxylic acids is 1. The van der Waals surface area contributed by atoms with E-state index in [2.05, 4.69) is 28.2 Å². The van der Waals surface area contributed by atoms with Gasteiger partial charge in [-0.25, -0.2) is 0 Å². The van der Waals surface area contributed by atoms with Crippen LogP contribution in [0.5, 0.6) is 0 Å². The molecule has 2 rings (SSSR count). The van der Waals surface area contributed by atoms with Crippen molar-refractivity contribution in [1.82, 2.24) is 0 Å². The summed E-state index contributed by atoms with van der Waals surface area (Å²) in [6.45, 7) is 2.06. The molecule has 0 saturated heterocycles. The number of amides is 1. The predicted molar refractivity (Wildman–Crippen MR) is 89.9 cm³/mol. The number of halogens is 2. The Bertz CT molecular complexity index is 633. The Morgan fingerprint density at radius 1 is 1.30 bits per heavy atom. The van der Waals surface area contributed by atoms with Gasteiger partial charge in [-0.05, 0) is 52.0 Å². The molecular formula is C15H13BrClNOS. The quantitative estimate of drug-likeness (QED) is 0.723. The van der Waals surface area contributed by atoms with Gasteiger partial charge in [0.1, 0.15) is 0 Å². The van der Waals surface area contributed by atoms with Gasteiger partial charge in [0.25, 0.3) is 5.91 Å². The monoisotopic (exact) mass is 369 g/mol. The molecule has 20 heavy (non-hydrogen) atoms. The zero-order valence-corrected chi connectivity index (χ0v) is 14.0. The van der Waals surface area contributed by atoms with E-state index in [1.807, 2.05) is 36.4 Å². The van der Waals surface area contributed by atoms with Crippen LogP contribution in [0.1, 0.15) is 17.3 Å². The molecule has 0 radical (unpaired) electrons. The Balaban J connectivity index is 2.21. The van der Waals surface area contributed by atoms with E-state index in [4.69, 9.17) is 11.6 Å². The molecule has 2 nitrogen and oxygen atoms in total. The largest absolute Gasteiger partial charge is 0.322 e. The third-order valence-corrected chi connectivity index (χ3v) is 4.80. The Kier molecular flexibility index (Phi) is 5.52. The van der Waals surface area contributed by atoms with E-state index in [1.54, 1.807) is 17.8 Å². The van der Waals surface area contributed by atoms with E-state index in [0.29, 0.717) is 16.3 Å². The summed E-state index contributed by atoms with van der Waals surface area (Å²) in [6.07, 6.45) is 0. The molecule has 0 atom stereocenters. The second-order valence-electron chi connectivity index (χ2n) is 4.01. The molecule has 0 aliphatic rings. The maximum atomic E-state index is 12.3. The van der Waals surface area contributed by atoms with Crippen molar-refractivity contribution in [2.45, 2.75) is 11.8 Å². The van der Waals surface area contributed by atoms with E-state index in [-0.39, 0.29) is 5.91 Å². The number of hydrogen-bond donors (Lipinski definition) is 1. The maximum Gasteiger partial charge on any atom is 0.256 e. The van der Waals surface area contributed by atoms with Crippen LogP contribution in [-0.2, 0) is 0 Å². The Hall–Kier alpha value is -0.970. The zero-order chi connectivity index (χ0) is 14.5. The fourth-order valence-corrected chi connectivity index (χ4v) is 2.94. The van der Waals surface area contributed by atoms with Crippen LogP contribution in [-0.4, -0.2) is 11.7 Å². The Morgan fingerprint density at radius 3 is 2.75 bits per heavy atom. The molecule has 1 amide bonds. The highest BCUT2D eigenvalue weighted by molar-refractivity contribution is 9.10. The fourth-order valence-electron chi connectivity index (χ4n) is 1.71. The molecular weight excluding hydrogens is 358 g/mol. The third kappa shape index (κ3) is 3.78. The molecule has 5 heteroatoms. The summed E-state index contributed by atoms with van der Waals surface area (Å²) in [7, 11) is 0. The third-order valence-electron chi connectivity index (χ3n) is 2.61. The summed E-state index contributed by atoms with van der Waals surface area (Å²) in [5.41, 5.74) is 1.36. The zero-order valence-electron chi connectivity index (χ0n) is 10.8. The summed E-state index contributed by atoms with van der Waals surface area (Å²) in [5, 5.41) is 3.44. The standard InChI is InChI=1S/C15H13BrClNOS/c1-2-20-14-6-4-3-5-11(14)15(19)18-10-7-8-12(16)13(17)9-10/h3-9H,2H2,1H3,(H,18,19). The first-order chi connectivity index (χ1) is 9.61. The first-order valence-electron chi connectivity index (χ1n) is 6.10. The smallest absolute Gasteiger partial charge is 0.256 e. The van der Waals surface area contributed by atoms with Gasteiger partial charge >= 0.3 is 0 Å². The molecule has 1 N–H and O–H groups in total. The number of rotatable bonds is 4. The molecule has 0 unspecified atom stereocenters. The van der Waals surface area contributed by atoms with Gasteiger partial charge in [0.15, 0.2) is 0 Å². The minimum atomic E-state index is -0.125. The highest BCUT2D eigenvalue weighted by Crippen LogP contribution is 2.27. The minimum Gasteiger partial charge on any atom is -0.322 e. The van der Waals surface area contributed by atoms with Gasteiger partial charge in [-0.1, -0.05) is 30.7 Å². The summed E-state index contributed by atoms with van der Waals surface area (Å²) < 4.78 is 0.805. The highest BCUT2D eigenvalue weighted by atomic mass is 79.9. The molecule has 0 heterocycles. The molecule has 0 aromatic heterocycles. The summed E-state index contributed by atoms with van der Waals surface area (Å²) in [6, 6.07) is 12.9. The molecule has 104 valence electrons. The van der Waals surface area contributed by atoms with Gasteiger partial charge in [-0.2, -0.15) is 0 Å². The number of benzene rings is 2. The van der Waals surface area contributed by atoms with E-state index in [9.17, 15) is 4.79 Å². The number of carbonyl (C=O) groups is 1. The van der Waals surface area contributed by atoms with Crippen LogP contribution in [0.15, 0.2) is 51.8 Å². The lowest BCUT2D eigenvalue weighted by atomic mass is 10.2. The van der Waals surface area contributed by atoms with Crippen molar-refractivity contribution in [3.05, 3.63) is 57.5 Å². The summed E-state index contributed by atoms with van der Waals surface area (Å²) in [5.74, 6) is 0.800. The minimum absolute atomic E-state index is 0.125. The van der Waals surface area contributed by atoms with Crippen molar-refractivity contribution in [1.29, 1.82) is 0 Å². The van der Waals surface area contributed by atoms with Gasteiger partial charge in [0.05, 0.1) is 10.6 Å². The van der Waals surface area contributed by atoms with Crippen LogP contribution in [0.3, 0.4) is 0 Å². The average Bonchev–Trinajstić information content (AvgIpc) is 2.44. The molecule has 0 spiro atoms. The van der Waals surface area contributed by atoms with Gasteiger partial charge in [0.2, 0.25) is 0 Å². The number of anilines is 1. The fraction of sp³-hybridized carbons (Fsp3) is 0.133. The van der Waals surface area contributed by atoms with Crippen LogP contribution < -0.4 is 5.32 Å². The summed E-state index contributed by atoms with van der Waals surface area (Å²) >= 11 is 11.0. The Labute approximate surface area is 136 Å². The second-order valence-corrected chi connectivity index (χ2v) is 6.58. The first-order valence-corrected chi connectivity index (χ1v) is 8.25. The molecule has 2 aromatic carbocycles. The lowest BCUT2D eigenvalue weighted by molar-refractivity contribution is 0.102. The number of nitrogens with one attached hydrogen (secondary N) is 1. The lowest BCUT2D eigenvalue weighted by Crippen LogP contribution is -2.12. The predicted octanol–water partition coefficient (Wildman–Crippen LogP) is 5.47. The highest BCUT2D eigenvalue weighted by Gasteiger charge is 2.11. The normalized spacial score (nSPS) is 10.3. The first kappa shape index (κ1) is 15.4. The molecule has 0 bridgehead atoms. The van der Waals surface area contributed by atoms with Crippen molar-refractivity contribution >= 4 is 50.9 Å². The summed E-state index contributed by atoms with van der Waals surface area (Å²) in [4.78, 5) is 13.3. The number of thioether (sulfide) groups is 1. The lowest BCUT2D eigenvalue weighted by Gasteiger charge is -2.09. The van der Waals surface area contributed by atoms with E-state index < -0.39 is 0 Å². The van der Waals surface area contributed by atoms with E-state index >= 15 is 0 Å². The van der Waals surface area contributed by atoms with E-state index in [1.165, 1.54) is 0 Å². The molecule has 0 saturated carbocycles. The van der Waals surface area contributed by atoms with Crippen molar-refractivity contribution in [2.24, 2.45) is 0 Å². The van der Waals surface area contributed by atoms with Gasteiger partial charge in [-0.15, -0.1) is 11.8 Å². The molecule has 0 aliphatic carbocycles. The SMILES string of the molecule is CCSc1ccccc1C(=O)Nc1ccc(Br)c(Cl)c1. The van der Waals surface area contributed by atoms with Crippen LogP contribution >= 0.6 is 39.3 Å². The van der Waals surface area contributed by atoms with Crippen LogP contribution in [0, 0.1) is 0 Å². The van der Waals surface area contributed by atoms with Gasteiger partial charge in [0, 0.05) is 15.1 Å². The topological polar surface area (TPSA) is 29.1 Å². The van der Waals surface area contributed by atoms with Crippen molar-refractivity contribution < 1.29 is 4.79 Å². The van der Waals surface area contributed by atoms with Crippen LogP contribution in [0.2, 0.25) is 5.02 Å². The maximum absolute atomic E-state index is 12.3. The van der Waals surface area contributed by atoms with Crippen LogP contribution in [0.4, 0.5) is 5.69 Å². The van der Waals surface area contributed by atoms with Crippen molar-refractivity contribution in [2.75, 3.05) is 11.1 Å². The Morgan fingerprint density at radius 2 is 2.05 bits per heavy atom. The van der Waals surface area contributed by atoms with Gasteiger partial charge in [-0.3, -0.25) is 4.79 Å². The molecule has 2 aromatic rings. The molecule has 0 aliphatic heterocycles.